The Bertz CT molecular complexity index is 870. The minimum atomic E-state index is -0.258. The van der Waals surface area contributed by atoms with Crippen LogP contribution in [0.25, 0.3) is 0 Å². The van der Waals surface area contributed by atoms with Gasteiger partial charge >= 0.3 is 0 Å². The second-order valence-electron chi connectivity index (χ2n) is 7.81. The molecule has 1 aliphatic rings. The summed E-state index contributed by atoms with van der Waals surface area (Å²) in [6.45, 7) is 5.67. The fourth-order valence-electron chi connectivity index (χ4n) is 3.60. The summed E-state index contributed by atoms with van der Waals surface area (Å²) in [6, 6.07) is 16.2. The van der Waals surface area contributed by atoms with E-state index in [1.54, 1.807) is 6.07 Å². The van der Waals surface area contributed by atoms with Crippen LogP contribution in [0.3, 0.4) is 0 Å². The second kappa shape index (κ2) is 12.2. The molecule has 3 rings (SSSR count). The van der Waals surface area contributed by atoms with Gasteiger partial charge in [-0.15, -0.1) is 0 Å². The van der Waals surface area contributed by atoms with Gasteiger partial charge in [0.25, 0.3) is 5.91 Å². The van der Waals surface area contributed by atoms with Crippen molar-refractivity contribution in [2.45, 2.75) is 45.2 Å². The maximum atomic E-state index is 12.8. The highest BCUT2D eigenvalue weighted by molar-refractivity contribution is 9.10. The van der Waals surface area contributed by atoms with Gasteiger partial charge in [0, 0.05) is 30.1 Å². The van der Waals surface area contributed by atoms with Gasteiger partial charge in [-0.1, -0.05) is 59.6 Å². The topological polar surface area (TPSA) is 53.6 Å². The Morgan fingerprint density at radius 1 is 1.19 bits per heavy atom. The van der Waals surface area contributed by atoms with Gasteiger partial charge in [0.2, 0.25) is 0 Å². The van der Waals surface area contributed by atoms with Crippen LogP contribution in [-0.4, -0.2) is 41.7 Å². The number of piperidine rings is 1. The number of likely N-dealkylation sites (tertiary alicyclic amines) is 1. The molecule has 2 N–H and O–H groups in total. The number of nitrogens with zero attached hydrogens (tertiary/aromatic N) is 1. The van der Waals surface area contributed by atoms with Crippen LogP contribution < -0.4 is 15.4 Å². The molecule has 1 fully saturated rings. The largest absolute Gasteiger partial charge is 0.493 e. The van der Waals surface area contributed by atoms with E-state index in [1.807, 2.05) is 18.2 Å². The molecule has 31 heavy (non-hydrogen) atoms. The SMILES string of the molecule is CCCCOc1ccc(Br)cc1C(=O)NC(=S)NC1CCN(Cc2ccccc2)CC1. The Morgan fingerprint density at radius 3 is 2.65 bits per heavy atom. The summed E-state index contributed by atoms with van der Waals surface area (Å²) in [5, 5.41) is 6.50. The average molecular weight is 504 g/mol. The zero-order valence-electron chi connectivity index (χ0n) is 17.9. The van der Waals surface area contributed by atoms with E-state index >= 15 is 0 Å². The first kappa shape index (κ1) is 23.7. The fraction of sp³-hybridized carbons (Fsp3) is 0.417. The number of benzene rings is 2. The fourth-order valence-corrected chi connectivity index (χ4v) is 4.22. The average Bonchev–Trinajstić information content (AvgIpc) is 2.77. The summed E-state index contributed by atoms with van der Waals surface area (Å²) in [6.07, 6.45) is 3.96. The van der Waals surface area contributed by atoms with Crippen molar-refractivity contribution in [3.05, 3.63) is 64.1 Å². The molecule has 0 bridgehead atoms. The number of unbranched alkanes of at least 4 members (excludes halogenated alkanes) is 1. The lowest BCUT2D eigenvalue weighted by Crippen LogP contribution is -2.48. The molecular formula is C24H30BrN3O2S. The van der Waals surface area contributed by atoms with Crippen molar-refractivity contribution < 1.29 is 9.53 Å². The van der Waals surface area contributed by atoms with E-state index in [0.29, 0.717) is 23.0 Å². The van der Waals surface area contributed by atoms with Gasteiger partial charge in [-0.25, -0.2) is 0 Å². The molecule has 7 heteroatoms. The number of carbonyl (C=O) groups is 1. The molecule has 0 radical (unpaired) electrons. The van der Waals surface area contributed by atoms with Crippen molar-refractivity contribution in [1.29, 1.82) is 0 Å². The summed E-state index contributed by atoms with van der Waals surface area (Å²) in [5.41, 5.74) is 1.81. The number of rotatable bonds is 8. The lowest BCUT2D eigenvalue weighted by atomic mass is 10.0. The molecular weight excluding hydrogens is 474 g/mol. The lowest BCUT2D eigenvalue weighted by molar-refractivity contribution is 0.0972. The summed E-state index contributed by atoms with van der Waals surface area (Å²) >= 11 is 8.85. The third-order valence-electron chi connectivity index (χ3n) is 5.34. The first-order valence-electron chi connectivity index (χ1n) is 10.9. The van der Waals surface area contributed by atoms with Gasteiger partial charge < -0.3 is 10.1 Å². The molecule has 2 aromatic rings. The van der Waals surface area contributed by atoms with E-state index in [2.05, 4.69) is 62.7 Å². The van der Waals surface area contributed by atoms with Crippen LogP contribution in [0.5, 0.6) is 5.75 Å². The Hall–Kier alpha value is -1.96. The van der Waals surface area contributed by atoms with Crippen LogP contribution >= 0.6 is 28.1 Å². The molecule has 0 aliphatic carbocycles. The van der Waals surface area contributed by atoms with Crippen molar-refractivity contribution in [1.82, 2.24) is 15.5 Å². The van der Waals surface area contributed by atoms with Crippen molar-refractivity contribution >= 4 is 39.2 Å². The number of ether oxygens (including phenoxy) is 1. The first-order valence-corrected chi connectivity index (χ1v) is 12.1. The quantitative estimate of drug-likeness (QED) is 0.396. The summed E-state index contributed by atoms with van der Waals surface area (Å²) in [5.74, 6) is 0.318. The van der Waals surface area contributed by atoms with E-state index in [1.165, 1.54) is 5.56 Å². The predicted molar refractivity (Wildman–Crippen MR) is 132 cm³/mol. The van der Waals surface area contributed by atoms with Crippen molar-refractivity contribution in [3.8, 4) is 5.75 Å². The van der Waals surface area contributed by atoms with Crippen LogP contribution in [-0.2, 0) is 6.54 Å². The molecule has 166 valence electrons. The third kappa shape index (κ3) is 7.59. The standard InChI is InChI=1S/C24H30BrN3O2S/c1-2-3-15-30-22-10-9-19(25)16-21(22)23(29)27-24(31)26-20-11-13-28(14-12-20)17-18-7-5-4-6-8-18/h4-10,16,20H,2-3,11-15,17H2,1H3,(H2,26,27,29,31). The number of thiocarbonyl (C=S) groups is 1. The zero-order valence-corrected chi connectivity index (χ0v) is 20.3. The second-order valence-corrected chi connectivity index (χ2v) is 9.13. The van der Waals surface area contributed by atoms with Crippen molar-refractivity contribution in [2.75, 3.05) is 19.7 Å². The first-order chi connectivity index (χ1) is 15.0. The smallest absolute Gasteiger partial charge is 0.261 e. The Kier molecular flexibility index (Phi) is 9.31. The monoisotopic (exact) mass is 503 g/mol. The molecule has 0 atom stereocenters. The minimum Gasteiger partial charge on any atom is -0.493 e. The predicted octanol–water partition coefficient (Wildman–Crippen LogP) is 4.90. The van der Waals surface area contributed by atoms with Gasteiger partial charge in [-0.05, 0) is 55.2 Å². The van der Waals surface area contributed by atoms with E-state index in [9.17, 15) is 4.79 Å². The van der Waals surface area contributed by atoms with Gasteiger partial charge in [0.05, 0.1) is 12.2 Å². The molecule has 0 saturated carbocycles. The maximum Gasteiger partial charge on any atom is 0.261 e. The van der Waals surface area contributed by atoms with Crippen molar-refractivity contribution in [3.63, 3.8) is 0 Å². The summed E-state index contributed by atoms with van der Waals surface area (Å²) in [7, 11) is 0. The number of hydrogen-bond donors (Lipinski definition) is 2. The molecule has 0 unspecified atom stereocenters. The molecule has 2 aromatic carbocycles. The van der Waals surface area contributed by atoms with Crippen LogP contribution in [0.4, 0.5) is 0 Å². The Balaban J connectivity index is 1.48. The number of amides is 1. The van der Waals surface area contributed by atoms with E-state index in [4.69, 9.17) is 17.0 Å². The van der Waals surface area contributed by atoms with Gasteiger partial charge in [0.15, 0.2) is 5.11 Å². The molecule has 5 nitrogen and oxygen atoms in total. The van der Waals surface area contributed by atoms with Crippen LogP contribution in [0.15, 0.2) is 53.0 Å². The van der Waals surface area contributed by atoms with E-state index in [-0.39, 0.29) is 11.9 Å². The summed E-state index contributed by atoms with van der Waals surface area (Å²) < 4.78 is 6.62. The van der Waals surface area contributed by atoms with E-state index in [0.717, 1.165) is 49.8 Å². The number of nitrogens with one attached hydrogen (secondary N) is 2. The van der Waals surface area contributed by atoms with Gasteiger partial charge in [0.1, 0.15) is 5.75 Å². The maximum absolute atomic E-state index is 12.8. The van der Waals surface area contributed by atoms with E-state index < -0.39 is 0 Å². The highest BCUT2D eigenvalue weighted by atomic mass is 79.9. The normalized spacial score (nSPS) is 14.8. The molecule has 0 aromatic heterocycles. The number of hydrogen-bond acceptors (Lipinski definition) is 4. The number of carbonyl (C=O) groups excluding carboxylic acids is 1. The van der Waals surface area contributed by atoms with Crippen LogP contribution in [0.1, 0.15) is 48.5 Å². The van der Waals surface area contributed by atoms with Crippen LogP contribution in [0, 0.1) is 0 Å². The van der Waals surface area contributed by atoms with Gasteiger partial charge in [-0.2, -0.15) is 0 Å². The number of halogens is 1. The molecule has 1 aliphatic heterocycles. The Labute approximate surface area is 198 Å². The molecule has 1 amide bonds. The molecule has 1 saturated heterocycles. The van der Waals surface area contributed by atoms with Gasteiger partial charge in [-0.3, -0.25) is 15.0 Å². The molecule has 0 spiro atoms. The van der Waals surface area contributed by atoms with Crippen LogP contribution in [0.2, 0.25) is 0 Å². The molecule has 1 heterocycles. The third-order valence-corrected chi connectivity index (χ3v) is 6.05. The Morgan fingerprint density at radius 2 is 1.94 bits per heavy atom. The summed E-state index contributed by atoms with van der Waals surface area (Å²) in [4.78, 5) is 15.3. The lowest BCUT2D eigenvalue weighted by Gasteiger charge is -2.32. The zero-order chi connectivity index (χ0) is 22.1. The highest BCUT2D eigenvalue weighted by Crippen LogP contribution is 2.23. The van der Waals surface area contributed by atoms with Crippen molar-refractivity contribution in [2.24, 2.45) is 0 Å². The highest BCUT2D eigenvalue weighted by Gasteiger charge is 2.21. The minimum absolute atomic E-state index is 0.258.